The number of nitrogen functional groups attached to an aromatic ring is 1. The Morgan fingerprint density at radius 2 is 2.19 bits per heavy atom. The highest BCUT2D eigenvalue weighted by Gasteiger charge is 2.24. The monoisotopic (exact) mass is 284 g/mol. The van der Waals surface area contributed by atoms with Gasteiger partial charge in [-0.2, -0.15) is 4.98 Å². The Kier molecular flexibility index (Phi) is 3.63. The first-order valence-corrected chi connectivity index (χ1v) is 6.56. The minimum Gasteiger partial charge on any atom is -0.368 e. The fourth-order valence-electron chi connectivity index (χ4n) is 2.37. The van der Waals surface area contributed by atoms with E-state index in [0.29, 0.717) is 12.0 Å². The van der Waals surface area contributed by atoms with Crippen LogP contribution in [0, 0.1) is 0 Å². The topological polar surface area (TPSA) is 55.0 Å². The number of aromatic nitrogens is 2. The van der Waals surface area contributed by atoms with Gasteiger partial charge in [-0.1, -0.05) is 12.8 Å². The zero-order chi connectivity index (χ0) is 11.5. The van der Waals surface area contributed by atoms with Crippen molar-refractivity contribution in [2.24, 2.45) is 0 Å². The van der Waals surface area contributed by atoms with Crippen molar-refractivity contribution in [2.45, 2.75) is 38.6 Å². The summed E-state index contributed by atoms with van der Waals surface area (Å²) in [7, 11) is 0. The van der Waals surface area contributed by atoms with Gasteiger partial charge in [-0.15, -0.1) is 0 Å². The Labute approximate surface area is 104 Å². The zero-order valence-electron chi connectivity index (χ0n) is 9.49. The van der Waals surface area contributed by atoms with Crippen molar-refractivity contribution in [3.8, 4) is 0 Å². The quantitative estimate of drug-likeness (QED) is 0.927. The van der Waals surface area contributed by atoms with Crippen molar-refractivity contribution in [3.05, 3.63) is 10.7 Å². The van der Waals surface area contributed by atoms with Crippen LogP contribution < -0.4 is 10.6 Å². The molecule has 16 heavy (non-hydrogen) atoms. The number of hydrogen-bond donors (Lipinski definition) is 1. The molecule has 1 aromatic rings. The van der Waals surface area contributed by atoms with Crippen molar-refractivity contribution in [1.29, 1.82) is 0 Å². The van der Waals surface area contributed by atoms with Gasteiger partial charge in [-0.05, 0) is 35.7 Å². The van der Waals surface area contributed by atoms with E-state index in [4.69, 9.17) is 5.73 Å². The van der Waals surface area contributed by atoms with Gasteiger partial charge in [0.15, 0.2) is 0 Å². The number of anilines is 2. The van der Waals surface area contributed by atoms with Crippen molar-refractivity contribution in [2.75, 3.05) is 17.2 Å². The van der Waals surface area contributed by atoms with E-state index < -0.39 is 0 Å². The molecule has 0 spiro atoms. The zero-order valence-corrected chi connectivity index (χ0v) is 11.1. The third kappa shape index (κ3) is 2.29. The van der Waals surface area contributed by atoms with Crippen molar-refractivity contribution >= 4 is 27.7 Å². The lowest BCUT2D eigenvalue weighted by atomic mass is 10.2. The molecule has 1 aromatic heterocycles. The summed E-state index contributed by atoms with van der Waals surface area (Å²) in [6, 6.07) is 0.607. The molecule has 5 heteroatoms. The lowest BCUT2D eigenvalue weighted by molar-refractivity contribution is 0.611. The van der Waals surface area contributed by atoms with Crippen LogP contribution in [0.4, 0.5) is 11.8 Å². The van der Waals surface area contributed by atoms with Gasteiger partial charge in [-0.3, -0.25) is 0 Å². The fourth-order valence-corrected chi connectivity index (χ4v) is 2.79. The summed E-state index contributed by atoms with van der Waals surface area (Å²) in [6.45, 7) is 3.11. The second kappa shape index (κ2) is 4.99. The van der Waals surface area contributed by atoms with Crippen LogP contribution in [0.5, 0.6) is 0 Å². The van der Waals surface area contributed by atoms with Crippen LogP contribution in [0.1, 0.15) is 32.6 Å². The third-order valence-electron chi connectivity index (χ3n) is 3.12. The standard InChI is InChI=1S/C11H17BrN4/c1-2-16(8-5-3-4-6-8)10-9(12)7-14-11(13)15-10/h7-8H,2-6H2,1H3,(H2,13,14,15). The average Bonchev–Trinajstić information content (AvgIpc) is 2.78. The SMILES string of the molecule is CCN(c1nc(N)ncc1Br)C1CCCC1. The van der Waals surface area contributed by atoms with E-state index >= 15 is 0 Å². The van der Waals surface area contributed by atoms with Gasteiger partial charge < -0.3 is 10.6 Å². The predicted molar refractivity (Wildman–Crippen MR) is 69.4 cm³/mol. The first-order chi connectivity index (χ1) is 7.72. The fraction of sp³-hybridized carbons (Fsp3) is 0.636. The molecule has 1 aliphatic carbocycles. The van der Waals surface area contributed by atoms with Crippen molar-refractivity contribution in [3.63, 3.8) is 0 Å². The molecule has 0 unspecified atom stereocenters. The second-order valence-corrected chi connectivity index (χ2v) is 4.98. The summed E-state index contributed by atoms with van der Waals surface area (Å²) in [5, 5.41) is 0. The number of rotatable bonds is 3. The van der Waals surface area contributed by atoms with Crippen LogP contribution >= 0.6 is 15.9 Å². The Hall–Kier alpha value is -0.840. The van der Waals surface area contributed by atoms with Gasteiger partial charge in [0.2, 0.25) is 5.95 Å². The maximum absolute atomic E-state index is 5.65. The van der Waals surface area contributed by atoms with Gasteiger partial charge in [0.1, 0.15) is 5.82 Å². The molecule has 0 saturated heterocycles. The summed E-state index contributed by atoms with van der Waals surface area (Å²) in [5.41, 5.74) is 5.65. The minimum absolute atomic E-state index is 0.342. The molecule has 1 saturated carbocycles. The van der Waals surface area contributed by atoms with E-state index in [1.165, 1.54) is 25.7 Å². The number of hydrogen-bond acceptors (Lipinski definition) is 4. The normalized spacial score (nSPS) is 16.6. The molecule has 2 rings (SSSR count). The van der Waals surface area contributed by atoms with Crippen LogP contribution in [-0.4, -0.2) is 22.6 Å². The van der Waals surface area contributed by atoms with Crippen LogP contribution in [0.15, 0.2) is 10.7 Å². The number of nitrogens with zero attached hydrogens (tertiary/aromatic N) is 3. The van der Waals surface area contributed by atoms with E-state index in [1.807, 2.05) is 0 Å². The van der Waals surface area contributed by atoms with E-state index in [0.717, 1.165) is 16.8 Å². The van der Waals surface area contributed by atoms with Crippen molar-refractivity contribution in [1.82, 2.24) is 9.97 Å². The highest BCUT2D eigenvalue weighted by atomic mass is 79.9. The third-order valence-corrected chi connectivity index (χ3v) is 3.68. The summed E-state index contributed by atoms with van der Waals surface area (Å²) < 4.78 is 0.926. The van der Waals surface area contributed by atoms with Gasteiger partial charge in [0.05, 0.1) is 4.47 Å². The molecule has 0 bridgehead atoms. The van der Waals surface area contributed by atoms with E-state index in [9.17, 15) is 0 Å². The molecule has 2 N–H and O–H groups in total. The van der Waals surface area contributed by atoms with Gasteiger partial charge in [0.25, 0.3) is 0 Å². The molecule has 1 fully saturated rings. The highest BCUT2D eigenvalue weighted by Crippen LogP contribution is 2.31. The van der Waals surface area contributed by atoms with Crippen molar-refractivity contribution < 1.29 is 0 Å². The summed E-state index contributed by atoms with van der Waals surface area (Å²) in [5.74, 6) is 1.27. The van der Waals surface area contributed by atoms with E-state index in [-0.39, 0.29) is 0 Å². The highest BCUT2D eigenvalue weighted by molar-refractivity contribution is 9.10. The molecular weight excluding hydrogens is 268 g/mol. The molecule has 0 aromatic carbocycles. The van der Waals surface area contributed by atoms with Gasteiger partial charge in [-0.25, -0.2) is 4.98 Å². The maximum atomic E-state index is 5.65. The lowest BCUT2D eigenvalue weighted by Crippen LogP contribution is -2.34. The molecule has 0 aliphatic heterocycles. The Balaban J connectivity index is 2.28. The lowest BCUT2D eigenvalue weighted by Gasteiger charge is -2.29. The molecule has 88 valence electrons. The first-order valence-electron chi connectivity index (χ1n) is 5.77. The number of halogens is 1. The molecular formula is C11H17BrN4. The molecule has 1 aliphatic rings. The minimum atomic E-state index is 0.342. The van der Waals surface area contributed by atoms with Gasteiger partial charge >= 0.3 is 0 Å². The van der Waals surface area contributed by atoms with Gasteiger partial charge in [0, 0.05) is 18.8 Å². The molecule has 0 amide bonds. The maximum Gasteiger partial charge on any atom is 0.222 e. The Bertz CT molecular complexity index is 363. The summed E-state index contributed by atoms with van der Waals surface area (Å²) in [4.78, 5) is 10.6. The predicted octanol–water partition coefficient (Wildman–Crippen LogP) is 2.59. The summed E-state index contributed by atoms with van der Waals surface area (Å²) >= 11 is 3.50. The smallest absolute Gasteiger partial charge is 0.222 e. The summed E-state index contributed by atoms with van der Waals surface area (Å²) in [6.07, 6.45) is 6.88. The van der Waals surface area contributed by atoms with E-state index in [1.54, 1.807) is 6.20 Å². The molecule has 4 nitrogen and oxygen atoms in total. The largest absolute Gasteiger partial charge is 0.368 e. The average molecular weight is 285 g/mol. The van der Waals surface area contributed by atoms with Crippen LogP contribution in [0.3, 0.4) is 0 Å². The molecule has 0 atom stereocenters. The molecule has 0 radical (unpaired) electrons. The molecule has 1 heterocycles. The van der Waals surface area contributed by atoms with E-state index in [2.05, 4.69) is 37.7 Å². The first kappa shape index (κ1) is 11.6. The number of nitrogens with two attached hydrogens (primary N) is 1. The van der Waals surface area contributed by atoms with Crippen LogP contribution in [0.25, 0.3) is 0 Å². The second-order valence-electron chi connectivity index (χ2n) is 4.12. The Morgan fingerprint density at radius 3 is 2.81 bits per heavy atom. The van der Waals surface area contributed by atoms with Crippen LogP contribution in [-0.2, 0) is 0 Å². The van der Waals surface area contributed by atoms with Crippen LogP contribution in [0.2, 0.25) is 0 Å². The Morgan fingerprint density at radius 1 is 1.50 bits per heavy atom.